The number of esters is 1. The highest BCUT2D eigenvalue weighted by atomic mass is 35.5. The van der Waals surface area contributed by atoms with Crippen LogP contribution in [0.15, 0.2) is 33.0 Å². The molecule has 194 valence electrons. The first-order chi connectivity index (χ1) is 17.3. The predicted molar refractivity (Wildman–Crippen MR) is 132 cm³/mol. The summed E-state index contributed by atoms with van der Waals surface area (Å²) in [6.45, 7) is 6.27. The van der Waals surface area contributed by atoms with Gasteiger partial charge in [-0.1, -0.05) is 16.8 Å². The van der Waals surface area contributed by atoms with Gasteiger partial charge < -0.3 is 18.7 Å². The topological polar surface area (TPSA) is 158 Å². The monoisotopic (exact) mass is 565 g/mol. The Morgan fingerprint density at radius 3 is 2.54 bits per heavy atom. The van der Waals surface area contributed by atoms with Gasteiger partial charge in [0.2, 0.25) is 6.79 Å². The van der Waals surface area contributed by atoms with E-state index >= 15 is 0 Å². The summed E-state index contributed by atoms with van der Waals surface area (Å²) in [4.78, 5) is 26.5. The third kappa shape index (κ3) is 5.27. The molecule has 1 aliphatic rings. The average molecular weight is 566 g/mol. The number of benzene rings is 1. The number of nitrogens with zero attached hydrogens (tertiary/aromatic N) is 2. The van der Waals surface area contributed by atoms with Gasteiger partial charge in [0, 0.05) is 6.07 Å². The summed E-state index contributed by atoms with van der Waals surface area (Å²) >= 11 is 6.84. The van der Waals surface area contributed by atoms with Crippen molar-refractivity contribution in [2.75, 3.05) is 11.5 Å². The summed E-state index contributed by atoms with van der Waals surface area (Å²) in [7, 11) is -4.40. The highest BCUT2D eigenvalue weighted by Crippen LogP contribution is 2.40. The molecule has 0 saturated carbocycles. The Hall–Kier alpha value is -3.60. The molecule has 14 heteroatoms. The molecular weight excluding hydrogens is 546 g/mol. The van der Waals surface area contributed by atoms with Crippen molar-refractivity contribution in [3.05, 3.63) is 50.3 Å². The number of thiophene rings is 1. The fourth-order valence-electron chi connectivity index (χ4n) is 3.45. The van der Waals surface area contributed by atoms with Crippen LogP contribution in [0.5, 0.6) is 11.5 Å². The van der Waals surface area contributed by atoms with Crippen LogP contribution < -0.4 is 14.2 Å². The predicted octanol–water partition coefficient (Wildman–Crippen LogP) is 4.41. The fourth-order valence-corrected chi connectivity index (χ4v) is 6.02. The molecule has 0 fully saturated rings. The van der Waals surface area contributed by atoms with Crippen LogP contribution in [0.2, 0.25) is 5.02 Å². The maximum absolute atomic E-state index is 13.9. The lowest BCUT2D eigenvalue weighted by Gasteiger charge is -2.24. The largest absolute Gasteiger partial charge is 0.459 e. The number of ether oxygens (including phenoxy) is 3. The Balaban J connectivity index is 1.81. The van der Waals surface area contributed by atoms with Gasteiger partial charge in [-0.05, 0) is 50.8 Å². The Morgan fingerprint density at radius 1 is 1.27 bits per heavy atom. The first-order valence-corrected chi connectivity index (χ1v) is 13.4. The van der Waals surface area contributed by atoms with Crippen LogP contribution in [0, 0.1) is 18.3 Å². The molecule has 4 rings (SSSR count). The molecule has 11 nitrogen and oxygen atoms in total. The number of aromatic nitrogens is 1. The molecule has 0 saturated heterocycles. The number of nitrogens with one attached hydrogen (secondary N) is 1. The Morgan fingerprint density at radius 2 is 1.95 bits per heavy atom. The number of hydrogen-bond acceptors (Lipinski definition) is 11. The molecule has 0 aliphatic carbocycles. The van der Waals surface area contributed by atoms with Gasteiger partial charge in [-0.3, -0.25) is 9.59 Å². The van der Waals surface area contributed by atoms with E-state index in [0.29, 0.717) is 0 Å². The van der Waals surface area contributed by atoms with E-state index in [1.807, 2.05) is 6.07 Å². The van der Waals surface area contributed by atoms with E-state index in [4.69, 9.17) is 30.3 Å². The molecule has 37 heavy (non-hydrogen) atoms. The lowest BCUT2D eigenvalue weighted by molar-refractivity contribution is -0.155. The maximum Gasteiger partial charge on any atom is 0.322 e. The summed E-state index contributed by atoms with van der Waals surface area (Å²) in [5.74, 6) is -3.35. The highest BCUT2D eigenvalue weighted by Gasteiger charge is 2.39. The Bertz CT molecular complexity index is 1550. The maximum atomic E-state index is 13.9. The third-order valence-electron chi connectivity index (χ3n) is 5.04. The van der Waals surface area contributed by atoms with Gasteiger partial charge in [0.05, 0.1) is 16.5 Å². The second-order valence-electron chi connectivity index (χ2n) is 8.87. The van der Waals surface area contributed by atoms with E-state index in [9.17, 15) is 23.3 Å². The molecule has 0 bridgehead atoms. The van der Waals surface area contributed by atoms with Crippen LogP contribution in [0.3, 0.4) is 0 Å². The highest BCUT2D eigenvalue weighted by molar-refractivity contribution is 7.93. The Kier molecular flexibility index (Phi) is 6.93. The molecule has 1 atom stereocenters. The van der Waals surface area contributed by atoms with Crippen LogP contribution >= 0.6 is 22.9 Å². The Labute approximate surface area is 220 Å². The first-order valence-electron chi connectivity index (χ1n) is 10.6. The lowest BCUT2D eigenvalue weighted by atomic mass is 9.89. The van der Waals surface area contributed by atoms with Crippen LogP contribution in [0.25, 0.3) is 0 Å². The molecule has 0 spiro atoms. The van der Waals surface area contributed by atoms with Crippen molar-refractivity contribution in [2.24, 2.45) is 0 Å². The number of ketones is 1. The standard InChI is InChI=1S/C23H20ClN3O8S2/c1-11-18(24)21(35-26-11)27-37(30,31)16-5-6-36-20(16)19(28)17(22(29)34-23(2,3)4)13-8-15-14(32-10-33-15)7-12(13)9-25/h5-8,17,27H,10H2,1-4H3. The molecule has 0 radical (unpaired) electrons. The van der Waals surface area contributed by atoms with Gasteiger partial charge in [-0.2, -0.15) is 5.26 Å². The molecule has 2 aromatic heterocycles. The van der Waals surface area contributed by atoms with E-state index in [2.05, 4.69) is 9.88 Å². The van der Waals surface area contributed by atoms with Crippen molar-refractivity contribution < 1.29 is 36.7 Å². The number of Topliss-reactive ketones (excluding diaryl/α,β-unsaturated/α-hetero) is 1. The van der Waals surface area contributed by atoms with Gasteiger partial charge >= 0.3 is 5.97 Å². The lowest BCUT2D eigenvalue weighted by Crippen LogP contribution is -2.32. The van der Waals surface area contributed by atoms with E-state index in [-0.39, 0.29) is 50.9 Å². The zero-order valence-electron chi connectivity index (χ0n) is 19.9. The second kappa shape index (κ2) is 9.70. The summed E-state index contributed by atoms with van der Waals surface area (Å²) in [6, 6.07) is 5.86. The number of sulfonamides is 1. The van der Waals surface area contributed by atoms with Crippen LogP contribution in [-0.4, -0.2) is 37.7 Å². The minimum atomic E-state index is -4.40. The van der Waals surface area contributed by atoms with E-state index in [0.717, 1.165) is 11.3 Å². The van der Waals surface area contributed by atoms with Crippen molar-refractivity contribution in [1.29, 1.82) is 5.26 Å². The van der Waals surface area contributed by atoms with E-state index in [1.165, 1.54) is 30.5 Å². The quantitative estimate of drug-likeness (QED) is 0.247. The molecule has 1 N–H and O–H groups in total. The fraction of sp³-hybridized carbons (Fsp3) is 0.304. The zero-order valence-corrected chi connectivity index (χ0v) is 22.3. The molecule has 1 unspecified atom stereocenters. The van der Waals surface area contributed by atoms with Crippen molar-refractivity contribution in [3.8, 4) is 17.6 Å². The van der Waals surface area contributed by atoms with Crippen molar-refractivity contribution >= 4 is 50.6 Å². The van der Waals surface area contributed by atoms with E-state index in [1.54, 1.807) is 20.8 Å². The normalized spacial score (nSPS) is 13.6. The van der Waals surface area contributed by atoms with Gasteiger partial charge in [-0.25, -0.2) is 13.1 Å². The van der Waals surface area contributed by atoms with Crippen molar-refractivity contribution in [3.63, 3.8) is 0 Å². The first kappa shape index (κ1) is 26.5. The molecule has 3 aromatic rings. The van der Waals surface area contributed by atoms with Crippen molar-refractivity contribution in [1.82, 2.24) is 5.16 Å². The van der Waals surface area contributed by atoms with Gasteiger partial charge in [0.25, 0.3) is 15.9 Å². The van der Waals surface area contributed by atoms with Crippen LogP contribution in [0.1, 0.15) is 53.2 Å². The van der Waals surface area contributed by atoms with Crippen molar-refractivity contribution in [2.45, 2.75) is 44.1 Å². The number of anilines is 1. The molecule has 1 aromatic carbocycles. The number of aryl methyl sites for hydroxylation is 1. The number of nitriles is 1. The van der Waals surface area contributed by atoms with Crippen LogP contribution in [0.4, 0.5) is 5.88 Å². The van der Waals surface area contributed by atoms with Gasteiger partial charge in [0.1, 0.15) is 27.1 Å². The molecule has 0 amide bonds. The third-order valence-corrected chi connectivity index (χ3v) is 7.92. The minimum Gasteiger partial charge on any atom is -0.459 e. The smallest absolute Gasteiger partial charge is 0.322 e. The SMILES string of the molecule is Cc1noc(NS(=O)(=O)c2ccsc2C(=O)C(C(=O)OC(C)(C)C)c2cc3c(cc2C#N)OCO3)c1Cl. The average Bonchev–Trinajstić information content (AvgIpc) is 3.54. The van der Waals surface area contributed by atoms with Crippen LogP contribution in [-0.2, 0) is 19.6 Å². The van der Waals surface area contributed by atoms with E-state index < -0.39 is 38.2 Å². The number of carbonyl (C=O) groups is 2. The number of halogens is 1. The molecule has 1 aliphatic heterocycles. The second-order valence-corrected chi connectivity index (χ2v) is 11.8. The number of rotatable bonds is 7. The summed E-state index contributed by atoms with van der Waals surface area (Å²) in [5.41, 5.74) is -0.759. The zero-order chi connectivity index (χ0) is 27.1. The summed E-state index contributed by atoms with van der Waals surface area (Å²) < 4.78 is 49.6. The molecular formula is C23H20ClN3O8S2. The minimum absolute atomic E-state index is 0.00962. The van der Waals surface area contributed by atoms with Gasteiger partial charge in [0.15, 0.2) is 17.3 Å². The van der Waals surface area contributed by atoms with Gasteiger partial charge in [-0.15, -0.1) is 11.3 Å². The summed E-state index contributed by atoms with van der Waals surface area (Å²) in [5, 5.41) is 14.7. The number of hydrogen-bond donors (Lipinski definition) is 1. The number of carbonyl (C=O) groups excluding carboxylic acids is 2. The number of fused-ring (bicyclic) bond motifs is 1. The summed E-state index contributed by atoms with van der Waals surface area (Å²) in [6.07, 6.45) is 0. The molecule has 3 heterocycles.